The Kier molecular flexibility index (Phi) is 10.4. The summed E-state index contributed by atoms with van der Waals surface area (Å²) in [5.41, 5.74) is 3.75. The Balaban J connectivity index is 1.28. The van der Waals surface area contributed by atoms with Gasteiger partial charge in [-0.25, -0.2) is 4.79 Å². The summed E-state index contributed by atoms with van der Waals surface area (Å²) in [6.45, 7) is 1.65. The zero-order valence-corrected chi connectivity index (χ0v) is 24.6. The van der Waals surface area contributed by atoms with Crippen LogP contribution in [0.4, 0.5) is 10.5 Å². The third kappa shape index (κ3) is 8.11. The molecule has 230 valence electrons. The standard InChI is InChI=1S/C30H32N6O7S/c1-2-41-27(39)16-31-29(40)32-22-9-7-21(8-10-22)28-42-25(15-26(43-28)20-5-3-19(17-37)4-6-20)18-44-30-33-34-35-36(30)23-11-13-24(38)14-12-23/h3-14,25-26,28,37-38H,2,15-18H2,1H3,(H2,31,32,40)/t25-,26+,28+/m0/s1. The number of thioether (sulfide) groups is 1. The summed E-state index contributed by atoms with van der Waals surface area (Å²) < 4.78 is 19.2. The lowest BCUT2D eigenvalue weighted by molar-refractivity contribution is -0.245. The molecule has 14 heteroatoms. The van der Waals surface area contributed by atoms with Crippen LogP contribution in [0.1, 0.15) is 42.4 Å². The number of hydrogen-bond donors (Lipinski definition) is 4. The van der Waals surface area contributed by atoms with Gasteiger partial charge in [0.25, 0.3) is 0 Å². The van der Waals surface area contributed by atoms with Crippen LogP contribution in [-0.4, -0.2) is 67.4 Å². The van der Waals surface area contributed by atoms with Gasteiger partial charge in [0.2, 0.25) is 5.16 Å². The molecule has 2 heterocycles. The van der Waals surface area contributed by atoms with E-state index in [0.29, 0.717) is 28.7 Å². The van der Waals surface area contributed by atoms with Gasteiger partial charge in [0.05, 0.1) is 31.1 Å². The maximum absolute atomic E-state index is 12.2. The molecule has 1 aliphatic rings. The number of aromatic hydroxyl groups is 1. The molecule has 0 aliphatic carbocycles. The van der Waals surface area contributed by atoms with Gasteiger partial charge in [-0.2, -0.15) is 4.68 Å². The fraction of sp³-hybridized carbons (Fsp3) is 0.300. The number of amides is 2. The highest BCUT2D eigenvalue weighted by molar-refractivity contribution is 7.99. The number of tetrazole rings is 1. The minimum absolute atomic E-state index is 0.0478. The van der Waals surface area contributed by atoms with E-state index in [9.17, 15) is 19.8 Å². The number of aliphatic hydroxyl groups is 1. The molecule has 44 heavy (non-hydrogen) atoms. The van der Waals surface area contributed by atoms with Crippen molar-refractivity contribution in [2.45, 2.75) is 43.6 Å². The van der Waals surface area contributed by atoms with E-state index < -0.39 is 18.3 Å². The first-order chi connectivity index (χ1) is 21.4. The van der Waals surface area contributed by atoms with Crippen LogP contribution in [0, 0.1) is 0 Å². The second-order valence-electron chi connectivity index (χ2n) is 9.79. The quantitative estimate of drug-likeness (QED) is 0.142. The second-order valence-corrected chi connectivity index (χ2v) is 10.8. The van der Waals surface area contributed by atoms with E-state index in [1.165, 1.54) is 11.8 Å². The predicted molar refractivity (Wildman–Crippen MR) is 160 cm³/mol. The maximum Gasteiger partial charge on any atom is 0.325 e. The largest absolute Gasteiger partial charge is 0.508 e. The number of urea groups is 1. The van der Waals surface area contributed by atoms with Gasteiger partial charge in [0.15, 0.2) is 6.29 Å². The first kappa shape index (κ1) is 30.9. The lowest BCUT2D eigenvalue weighted by Crippen LogP contribution is -2.34. The monoisotopic (exact) mass is 620 g/mol. The minimum Gasteiger partial charge on any atom is -0.508 e. The average Bonchev–Trinajstić information content (AvgIpc) is 3.52. The summed E-state index contributed by atoms with van der Waals surface area (Å²) in [5, 5.41) is 36.9. The van der Waals surface area contributed by atoms with Gasteiger partial charge >= 0.3 is 12.0 Å². The van der Waals surface area contributed by atoms with Crippen molar-refractivity contribution in [3.8, 4) is 11.4 Å². The van der Waals surface area contributed by atoms with Crippen molar-refractivity contribution in [1.29, 1.82) is 0 Å². The number of phenolic OH excluding ortho intramolecular Hbond substituents is 1. The average molecular weight is 621 g/mol. The molecular formula is C30H32N6O7S. The summed E-state index contributed by atoms with van der Waals surface area (Å²) in [6, 6.07) is 20.7. The van der Waals surface area contributed by atoms with Crippen LogP contribution >= 0.6 is 11.8 Å². The minimum atomic E-state index is -0.698. The summed E-state index contributed by atoms with van der Waals surface area (Å²) in [4.78, 5) is 23.7. The SMILES string of the molecule is CCOC(=O)CNC(=O)Nc1ccc([C@@H]2O[C@H](CSc3nnnn3-c3ccc(O)cc3)C[C@H](c3ccc(CO)cc3)O2)cc1. The number of carbonyl (C=O) groups is 2. The van der Waals surface area contributed by atoms with Crippen molar-refractivity contribution in [3.63, 3.8) is 0 Å². The molecule has 2 amide bonds. The number of nitrogens with one attached hydrogen (secondary N) is 2. The van der Waals surface area contributed by atoms with Crippen LogP contribution in [0.2, 0.25) is 0 Å². The van der Waals surface area contributed by atoms with Gasteiger partial charge in [0.1, 0.15) is 12.3 Å². The van der Waals surface area contributed by atoms with E-state index in [1.807, 2.05) is 24.3 Å². The second kappa shape index (κ2) is 14.8. The Labute approximate surface area is 257 Å². The van der Waals surface area contributed by atoms with Crippen molar-refractivity contribution >= 4 is 29.4 Å². The molecule has 4 N–H and O–H groups in total. The Morgan fingerprint density at radius 3 is 2.45 bits per heavy atom. The highest BCUT2D eigenvalue weighted by atomic mass is 32.2. The number of esters is 1. The molecule has 5 rings (SSSR count). The smallest absolute Gasteiger partial charge is 0.325 e. The first-order valence-corrected chi connectivity index (χ1v) is 14.9. The molecule has 4 aromatic rings. The van der Waals surface area contributed by atoms with Crippen molar-refractivity contribution < 1.29 is 34.0 Å². The molecule has 0 spiro atoms. The van der Waals surface area contributed by atoms with Gasteiger partial charge in [-0.3, -0.25) is 4.79 Å². The van der Waals surface area contributed by atoms with Crippen molar-refractivity contribution in [2.75, 3.05) is 24.2 Å². The fourth-order valence-electron chi connectivity index (χ4n) is 4.48. The van der Waals surface area contributed by atoms with Crippen LogP contribution < -0.4 is 10.6 Å². The topological polar surface area (TPSA) is 170 Å². The lowest BCUT2D eigenvalue weighted by Gasteiger charge is -2.36. The number of phenols is 1. The Bertz CT molecular complexity index is 1530. The molecule has 1 fully saturated rings. The number of carbonyl (C=O) groups excluding carboxylic acids is 2. The molecule has 0 bridgehead atoms. The summed E-state index contributed by atoms with van der Waals surface area (Å²) in [7, 11) is 0. The van der Waals surface area contributed by atoms with Crippen molar-refractivity contribution in [2.24, 2.45) is 0 Å². The van der Waals surface area contributed by atoms with Crippen LogP contribution in [0.15, 0.2) is 78.0 Å². The Morgan fingerprint density at radius 2 is 1.75 bits per heavy atom. The molecule has 0 saturated carbocycles. The first-order valence-electron chi connectivity index (χ1n) is 13.9. The third-order valence-electron chi connectivity index (χ3n) is 6.69. The van der Waals surface area contributed by atoms with Crippen LogP contribution in [0.3, 0.4) is 0 Å². The van der Waals surface area contributed by atoms with Crippen LogP contribution in [0.25, 0.3) is 5.69 Å². The number of anilines is 1. The lowest BCUT2D eigenvalue weighted by atomic mass is 10.0. The molecule has 3 atom stereocenters. The number of rotatable bonds is 11. The van der Waals surface area contributed by atoms with E-state index in [0.717, 1.165) is 16.7 Å². The van der Waals surface area contributed by atoms with Gasteiger partial charge < -0.3 is 35.1 Å². The van der Waals surface area contributed by atoms with E-state index in [2.05, 4.69) is 26.2 Å². The normalized spacial score (nSPS) is 18.0. The fourth-order valence-corrected chi connectivity index (χ4v) is 5.39. The number of benzene rings is 3. The predicted octanol–water partition coefficient (Wildman–Crippen LogP) is 3.88. The van der Waals surface area contributed by atoms with Crippen LogP contribution in [-0.2, 0) is 25.6 Å². The Hall–Kier alpha value is -4.50. The molecule has 0 unspecified atom stereocenters. The molecule has 1 aliphatic heterocycles. The van der Waals surface area contributed by atoms with E-state index >= 15 is 0 Å². The molecule has 1 saturated heterocycles. The van der Waals surface area contributed by atoms with E-state index in [-0.39, 0.29) is 37.7 Å². The van der Waals surface area contributed by atoms with Crippen LogP contribution in [0.5, 0.6) is 5.75 Å². The third-order valence-corrected chi connectivity index (χ3v) is 7.74. The van der Waals surface area contributed by atoms with Gasteiger partial charge in [0, 0.05) is 23.4 Å². The van der Waals surface area contributed by atoms with Gasteiger partial charge in [-0.05, 0) is 64.9 Å². The van der Waals surface area contributed by atoms with Gasteiger partial charge in [-0.1, -0.05) is 48.2 Å². The number of hydrogen-bond acceptors (Lipinski definition) is 11. The summed E-state index contributed by atoms with van der Waals surface area (Å²) in [5.74, 6) is 0.163. The zero-order valence-electron chi connectivity index (χ0n) is 23.8. The molecule has 1 aromatic heterocycles. The molecule has 13 nitrogen and oxygen atoms in total. The zero-order chi connectivity index (χ0) is 30.9. The van der Waals surface area contributed by atoms with Crippen molar-refractivity contribution in [3.05, 3.63) is 89.5 Å². The molecule has 3 aromatic carbocycles. The molecular weight excluding hydrogens is 588 g/mol. The number of ether oxygens (including phenoxy) is 3. The van der Waals surface area contributed by atoms with Gasteiger partial charge in [-0.15, -0.1) is 5.10 Å². The Morgan fingerprint density at radius 1 is 1.02 bits per heavy atom. The highest BCUT2D eigenvalue weighted by Crippen LogP contribution is 2.39. The summed E-state index contributed by atoms with van der Waals surface area (Å²) >= 11 is 1.44. The number of nitrogens with zero attached hydrogens (tertiary/aromatic N) is 4. The summed E-state index contributed by atoms with van der Waals surface area (Å²) in [6.07, 6.45) is -0.649. The number of aromatic nitrogens is 4. The van der Waals surface area contributed by atoms with E-state index in [1.54, 1.807) is 60.1 Å². The van der Waals surface area contributed by atoms with Crippen molar-refractivity contribution in [1.82, 2.24) is 25.5 Å². The molecule has 0 radical (unpaired) electrons. The maximum atomic E-state index is 12.2. The van der Waals surface area contributed by atoms with E-state index in [4.69, 9.17) is 14.2 Å². The number of aliphatic hydroxyl groups excluding tert-OH is 1. The highest BCUT2D eigenvalue weighted by Gasteiger charge is 2.32.